The van der Waals surface area contributed by atoms with Gasteiger partial charge in [-0.25, -0.2) is 4.98 Å². The molecule has 0 amide bonds. The molecule has 0 aliphatic rings. The Morgan fingerprint density at radius 2 is 2.17 bits per heavy atom. The second kappa shape index (κ2) is 11.0. The van der Waals surface area contributed by atoms with Crippen molar-refractivity contribution < 1.29 is 14.6 Å². The highest BCUT2D eigenvalue weighted by Crippen LogP contribution is 2.28. The molecule has 2 rings (SSSR count). The second-order valence-corrected chi connectivity index (χ2v) is 7.23. The number of carboxylic acids is 1. The van der Waals surface area contributed by atoms with Crippen LogP contribution in [-0.2, 0) is 17.6 Å². The molecule has 1 atom stereocenters. The van der Waals surface area contributed by atoms with Crippen LogP contribution in [0.15, 0.2) is 18.2 Å². The van der Waals surface area contributed by atoms with Crippen LogP contribution in [-0.4, -0.2) is 34.2 Å². The van der Waals surface area contributed by atoms with Gasteiger partial charge in [-0.05, 0) is 30.5 Å². The number of benzene rings is 1. The lowest BCUT2D eigenvalue weighted by Crippen LogP contribution is -2.25. The number of anilines is 2. The molecule has 1 unspecified atom stereocenters. The molecule has 0 saturated heterocycles. The average Bonchev–Trinajstić information content (AvgIpc) is 2.68. The summed E-state index contributed by atoms with van der Waals surface area (Å²) in [6, 6.07) is 7.54. The van der Waals surface area contributed by atoms with Crippen LogP contribution >= 0.6 is 0 Å². The van der Waals surface area contributed by atoms with E-state index in [1.165, 1.54) is 0 Å². The van der Waals surface area contributed by atoms with Gasteiger partial charge in [0.25, 0.3) is 0 Å². The number of unbranched alkanes of at least 4 members (excludes halogenated alkanes) is 1. The third kappa shape index (κ3) is 6.34. The van der Waals surface area contributed by atoms with Crippen LogP contribution < -0.4 is 15.8 Å². The summed E-state index contributed by atoms with van der Waals surface area (Å²) >= 11 is 0. The Balaban J connectivity index is 2.42. The smallest absolute Gasteiger partial charge is 0.305 e. The number of nitrogens with one attached hydrogen (secondary N) is 1. The van der Waals surface area contributed by atoms with Gasteiger partial charge in [0.2, 0.25) is 5.95 Å². The van der Waals surface area contributed by atoms with Crippen molar-refractivity contribution in [3.63, 3.8) is 0 Å². The summed E-state index contributed by atoms with van der Waals surface area (Å²) in [5.74, 6) is 0.505. The van der Waals surface area contributed by atoms with Crippen molar-refractivity contribution in [2.75, 3.05) is 18.2 Å². The lowest BCUT2D eigenvalue weighted by Gasteiger charge is -2.21. The summed E-state index contributed by atoms with van der Waals surface area (Å²) in [6.07, 6.45) is 3.35. The highest BCUT2D eigenvalue weighted by Gasteiger charge is 2.19. The maximum Gasteiger partial charge on any atom is 0.305 e. The highest BCUT2D eigenvalue weighted by atomic mass is 16.5. The van der Waals surface area contributed by atoms with Crippen LogP contribution in [0.1, 0.15) is 55.0 Å². The minimum atomic E-state index is -0.866. The lowest BCUT2D eigenvalue weighted by atomic mass is 9.99. The number of hydrogen-bond acceptors (Lipinski definition) is 7. The summed E-state index contributed by atoms with van der Waals surface area (Å²) in [6.45, 7) is 3.92. The largest absolute Gasteiger partial charge is 0.496 e. The maximum atomic E-state index is 11.3. The standard InChI is InChI=1S/C22H29N5O3/c1-4-5-6-17(13-20(28)29)26-21-18(14(2)25-22(24)27-21)12-16-11-15(9-10-23)7-8-19(16)30-3/h7-8,11,17H,4-6,9,12-13H2,1-3H3,(H,28,29)(H3,24,25,26,27). The fourth-order valence-corrected chi connectivity index (χ4v) is 3.39. The van der Waals surface area contributed by atoms with E-state index in [9.17, 15) is 9.90 Å². The number of methoxy groups -OCH3 is 1. The van der Waals surface area contributed by atoms with E-state index >= 15 is 0 Å². The quantitative estimate of drug-likeness (QED) is 0.511. The first kappa shape index (κ1) is 22.9. The van der Waals surface area contributed by atoms with Gasteiger partial charge >= 0.3 is 5.97 Å². The normalized spacial score (nSPS) is 11.5. The average molecular weight is 412 g/mol. The number of aromatic nitrogens is 2. The van der Waals surface area contributed by atoms with Crippen molar-refractivity contribution >= 4 is 17.7 Å². The Bertz CT molecular complexity index is 924. The van der Waals surface area contributed by atoms with Gasteiger partial charge in [0.1, 0.15) is 11.6 Å². The SMILES string of the molecule is CCCCC(CC(=O)O)Nc1nc(N)nc(C)c1Cc1cc(CC#N)ccc1OC. The first-order valence-corrected chi connectivity index (χ1v) is 10.0. The number of hydrogen-bond donors (Lipinski definition) is 3. The number of rotatable bonds is 11. The molecule has 0 aliphatic heterocycles. The van der Waals surface area contributed by atoms with Crippen LogP contribution in [0, 0.1) is 18.3 Å². The Kier molecular flexibility index (Phi) is 8.41. The van der Waals surface area contributed by atoms with E-state index in [4.69, 9.17) is 15.7 Å². The monoisotopic (exact) mass is 411 g/mol. The summed E-state index contributed by atoms with van der Waals surface area (Å²) in [5, 5.41) is 21.6. The Morgan fingerprint density at radius 3 is 2.80 bits per heavy atom. The molecule has 0 bridgehead atoms. The van der Waals surface area contributed by atoms with Gasteiger partial charge in [-0.1, -0.05) is 31.9 Å². The molecule has 0 radical (unpaired) electrons. The molecular weight excluding hydrogens is 382 g/mol. The predicted molar refractivity (Wildman–Crippen MR) is 115 cm³/mol. The van der Waals surface area contributed by atoms with E-state index in [1.54, 1.807) is 7.11 Å². The van der Waals surface area contributed by atoms with Crippen molar-refractivity contribution in [2.45, 2.75) is 58.4 Å². The van der Waals surface area contributed by atoms with Crippen molar-refractivity contribution in [1.29, 1.82) is 5.26 Å². The van der Waals surface area contributed by atoms with Gasteiger partial charge in [0.15, 0.2) is 0 Å². The van der Waals surface area contributed by atoms with Crippen molar-refractivity contribution in [2.24, 2.45) is 0 Å². The first-order valence-electron chi connectivity index (χ1n) is 10.0. The zero-order chi connectivity index (χ0) is 22.1. The van der Waals surface area contributed by atoms with E-state index in [1.807, 2.05) is 25.1 Å². The van der Waals surface area contributed by atoms with Gasteiger partial charge in [0.05, 0.1) is 26.0 Å². The number of aryl methyl sites for hydroxylation is 1. The number of carbonyl (C=O) groups is 1. The van der Waals surface area contributed by atoms with E-state index in [-0.39, 0.29) is 18.4 Å². The van der Waals surface area contributed by atoms with Crippen molar-refractivity contribution in [1.82, 2.24) is 9.97 Å². The zero-order valence-corrected chi connectivity index (χ0v) is 17.7. The Labute approximate surface area is 177 Å². The van der Waals surface area contributed by atoms with Gasteiger partial charge in [-0.15, -0.1) is 0 Å². The topological polar surface area (TPSA) is 134 Å². The fraction of sp³-hybridized carbons (Fsp3) is 0.455. The molecule has 160 valence electrons. The summed E-state index contributed by atoms with van der Waals surface area (Å²) in [5.41, 5.74) is 9.20. The molecule has 1 aromatic carbocycles. The Hall–Kier alpha value is -3.34. The van der Waals surface area contributed by atoms with Crippen LogP contribution in [0.2, 0.25) is 0 Å². The van der Waals surface area contributed by atoms with Crippen LogP contribution in [0.25, 0.3) is 0 Å². The van der Waals surface area contributed by atoms with Gasteiger partial charge < -0.3 is 20.9 Å². The third-order valence-electron chi connectivity index (χ3n) is 4.89. The number of nitrogens with two attached hydrogens (primary N) is 1. The summed E-state index contributed by atoms with van der Waals surface area (Å²) in [7, 11) is 1.60. The molecule has 0 fully saturated rings. The molecular formula is C22H29N5O3. The minimum absolute atomic E-state index is 0.0105. The molecule has 8 heteroatoms. The van der Waals surface area contributed by atoms with E-state index in [0.29, 0.717) is 36.5 Å². The number of nitrogens with zero attached hydrogens (tertiary/aromatic N) is 3. The van der Waals surface area contributed by atoms with Crippen LogP contribution in [0.3, 0.4) is 0 Å². The van der Waals surface area contributed by atoms with Gasteiger partial charge in [0, 0.05) is 23.7 Å². The molecule has 0 spiro atoms. The number of nitrogen functional groups attached to an aromatic ring is 1. The summed E-state index contributed by atoms with van der Waals surface area (Å²) in [4.78, 5) is 20.0. The molecule has 1 heterocycles. The van der Waals surface area contributed by atoms with E-state index < -0.39 is 5.97 Å². The molecule has 30 heavy (non-hydrogen) atoms. The number of aliphatic carboxylic acids is 1. The minimum Gasteiger partial charge on any atom is -0.496 e. The second-order valence-electron chi connectivity index (χ2n) is 7.23. The van der Waals surface area contributed by atoms with Crippen molar-refractivity contribution in [3.05, 3.63) is 40.6 Å². The fourth-order valence-electron chi connectivity index (χ4n) is 3.39. The van der Waals surface area contributed by atoms with E-state index in [0.717, 1.165) is 29.5 Å². The number of carboxylic acid groups (broad SMARTS) is 1. The molecule has 2 aromatic rings. The van der Waals surface area contributed by atoms with Crippen LogP contribution in [0.5, 0.6) is 5.75 Å². The predicted octanol–water partition coefficient (Wildman–Crippen LogP) is 3.48. The van der Waals surface area contributed by atoms with Crippen molar-refractivity contribution in [3.8, 4) is 11.8 Å². The molecule has 0 saturated carbocycles. The molecule has 0 aliphatic carbocycles. The zero-order valence-electron chi connectivity index (χ0n) is 17.7. The van der Waals surface area contributed by atoms with Gasteiger partial charge in [-0.3, -0.25) is 4.79 Å². The molecule has 4 N–H and O–H groups in total. The molecule has 1 aromatic heterocycles. The third-order valence-corrected chi connectivity index (χ3v) is 4.89. The maximum absolute atomic E-state index is 11.3. The summed E-state index contributed by atoms with van der Waals surface area (Å²) < 4.78 is 5.49. The number of ether oxygens (including phenoxy) is 1. The Morgan fingerprint density at radius 1 is 1.40 bits per heavy atom. The first-order chi connectivity index (χ1) is 14.4. The van der Waals surface area contributed by atoms with Crippen LogP contribution in [0.4, 0.5) is 11.8 Å². The van der Waals surface area contributed by atoms with E-state index in [2.05, 4.69) is 28.3 Å². The van der Waals surface area contributed by atoms with Gasteiger partial charge in [-0.2, -0.15) is 10.2 Å². The molecule has 8 nitrogen and oxygen atoms in total. The lowest BCUT2D eigenvalue weighted by molar-refractivity contribution is -0.137. The highest BCUT2D eigenvalue weighted by molar-refractivity contribution is 5.68. The number of nitriles is 1.